The van der Waals surface area contributed by atoms with Crippen LogP contribution >= 0.6 is 11.6 Å². The maximum Gasteiger partial charge on any atom is 0.220 e. The van der Waals surface area contributed by atoms with Crippen LogP contribution in [0.5, 0.6) is 5.75 Å². The molecule has 2 aromatic carbocycles. The number of aliphatic hydroxyl groups is 3. The molecule has 11 heteroatoms. The van der Waals surface area contributed by atoms with Crippen LogP contribution in [0.4, 0.5) is 0 Å². The highest BCUT2D eigenvalue weighted by Gasteiger charge is 2.39. The monoisotopic (exact) mass is 590 g/mol. The first kappa shape index (κ1) is 32.7. The third-order valence-electron chi connectivity index (χ3n) is 6.90. The van der Waals surface area contributed by atoms with Crippen LogP contribution < -0.4 is 10.1 Å². The number of ether oxygens (including phenoxy) is 1. The van der Waals surface area contributed by atoms with Crippen LogP contribution in [0.25, 0.3) is 0 Å². The van der Waals surface area contributed by atoms with Crippen molar-refractivity contribution in [1.29, 1.82) is 0 Å². The van der Waals surface area contributed by atoms with Crippen LogP contribution in [0.1, 0.15) is 43.2 Å². The Balaban J connectivity index is 1.34. The fourth-order valence-electron chi connectivity index (χ4n) is 4.68. The van der Waals surface area contributed by atoms with Gasteiger partial charge in [0.2, 0.25) is 5.91 Å². The number of carbonyl (C=O) groups is 1. The molecule has 224 valence electrons. The van der Waals surface area contributed by atoms with Crippen molar-refractivity contribution in [2.75, 3.05) is 6.61 Å². The molecule has 41 heavy (non-hydrogen) atoms. The zero-order chi connectivity index (χ0) is 29.6. The number of amides is 1. The summed E-state index contributed by atoms with van der Waals surface area (Å²) in [6, 6.07) is 14.1. The lowest BCUT2D eigenvalue weighted by atomic mass is 9.89. The molecule has 3 rings (SSSR count). The standard InChI is InChI=1S/C30H39ClN2O8/c31-23-6-5-7-25(16-23)40-20-24(34)14-15-27-26(28(35)17-29(27)36)8-3-1-2-4-9-30(37)32-18-21-10-12-22(13-11-21)19-41-33(38)39/h1,3,5-7,10-16,24,26-29,34-36,38-39H,2,4,8-9,17-20H2,(H,32,37)/b3-1-,15-14+/t24-,26-,27-,28+,29-/m1/s1. The lowest BCUT2D eigenvalue weighted by molar-refractivity contribution is -0.497. The third-order valence-corrected chi connectivity index (χ3v) is 7.13. The van der Waals surface area contributed by atoms with E-state index in [0.29, 0.717) is 43.0 Å². The highest BCUT2D eigenvalue weighted by atomic mass is 35.5. The van der Waals surface area contributed by atoms with Crippen LogP contribution in [0, 0.1) is 11.8 Å². The van der Waals surface area contributed by atoms with Gasteiger partial charge in [0.15, 0.2) is 0 Å². The van der Waals surface area contributed by atoms with E-state index in [-0.39, 0.29) is 42.8 Å². The number of hydrogen-bond donors (Lipinski definition) is 6. The van der Waals surface area contributed by atoms with Gasteiger partial charge < -0.3 is 25.4 Å². The number of unbranched alkanes of at least 4 members (excludes halogenated alkanes) is 1. The van der Waals surface area contributed by atoms with Crippen LogP contribution in [0.2, 0.25) is 5.02 Å². The van der Waals surface area contributed by atoms with Gasteiger partial charge in [-0.2, -0.15) is 0 Å². The van der Waals surface area contributed by atoms with Crippen molar-refractivity contribution in [1.82, 2.24) is 10.7 Å². The van der Waals surface area contributed by atoms with E-state index < -0.39 is 18.3 Å². The van der Waals surface area contributed by atoms with E-state index in [9.17, 15) is 20.1 Å². The third kappa shape index (κ3) is 11.9. The lowest BCUT2D eigenvalue weighted by Crippen LogP contribution is -2.22. The molecule has 0 aromatic heterocycles. The van der Waals surface area contributed by atoms with Gasteiger partial charge in [0, 0.05) is 30.3 Å². The smallest absolute Gasteiger partial charge is 0.220 e. The van der Waals surface area contributed by atoms with Gasteiger partial charge >= 0.3 is 0 Å². The molecule has 0 bridgehead atoms. The van der Waals surface area contributed by atoms with Gasteiger partial charge in [0.25, 0.3) is 0 Å². The van der Waals surface area contributed by atoms with Crippen molar-refractivity contribution in [2.24, 2.45) is 11.8 Å². The molecule has 0 aliphatic heterocycles. The molecular formula is C30H39ClN2O8. The van der Waals surface area contributed by atoms with Crippen LogP contribution in [-0.2, 0) is 22.8 Å². The Kier molecular flexibility index (Phi) is 13.7. The molecule has 1 aliphatic rings. The molecule has 2 aromatic rings. The average Bonchev–Trinajstić information content (AvgIpc) is 3.22. The molecule has 10 nitrogen and oxygen atoms in total. The molecule has 1 saturated carbocycles. The average molecular weight is 591 g/mol. The van der Waals surface area contributed by atoms with Crippen molar-refractivity contribution in [3.05, 3.63) is 89.0 Å². The van der Waals surface area contributed by atoms with Gasteiger partial charge in [0.1, 0.15) is 18.5 Å². The van der Waals surface area contributed by atoms with Crippen LogP contribution in [0.3, 0.4) is 0 Å². The summed E-state index contributed by atoms with van der Waals surface area (Å²) in [5, 5.41) is 51.4. The predicted octanol–water partition coefficient (Wildman–Crippen LogP) is 3.94. The molecule has 5 atom stereocenters. The second kappa shape index (κ2) is 17.2. The summed E-state index contributed by atoms with van der Waals surface area (Å²) < 4.78 is 5.56. The van der Waals surface area contributed by atoms with Gasteiger partial charge in [-0.3, -0.25) is 15.2 Å². The van der Waals surface area contributed by atoms with E-state index in [1.54, 1.807) is 48.6 Å². The Bertz CT molecular complexity index is 1130. The molecule has 0 radical (unpaired) electrons. The van der Waals surface area contributed by atoms with Crippen molar-refractivity contribution >= 4 is 17.5 Å². The van der Waals surface area contributed by atoms with E-state index in [1.807, 2.05) is 24.3 Å². The number of hydrogen-bond acceptors (Lipinski definition) is 9. The van der Waals surface area contributed by atoms with E-state index in [0.717, 1.165) is 11.1 Å². The maximum atomic E-state index is 12.2. The first-order valence-corrected chi connectivity index (χ1v) is 14.0. The van der Waals surface area contributed by atoms with Crippen LogP contribution in [-0.4, -0.2) is 61.9 Å². The Labute approximate surface area is 245 Å². The zero-order valence-electron chi connectivity index (χ0n) is 22.8. The number of halogens is 1. The van der Waals surface area contributed by atoms with Gasteiger partial charge in [-0.25, -0.2) is 4.84 Å². The fourth-order valence-corrected chi connectivity index (χ4v) is 4.86. The van der Waals surface area contributed by atoms with Gasteiger partial charge in [-0.1, -0.05) is 66.2 Å². The largest absolute Gasteiger partial charge is 0.491 e. The van der Waals surface area contributed by atoms with E-state index in [4.69, 9.17) is 26.8 Å². The Morgan fingerprint density at radius 2 is 1.85 bits per heavy atom. The van der Waals surface area contributed by atoms with Gasteiger partial charge in [-0.15, -0.1) is 0 Å². The molecule has 0 heterocycles. The van der Waals surface area contributed by atoms with E-state index in [2.05, 4.69) is 10.2 Å². The Morgan fingerprint density at radius 1 is 1.10 bits per heavy atom. The summed E-state index contributed by atoms with van der Waals surface area (Å²) in [6.07, 6.45) is 7.72. The van der Waals surface area contributed by atoms with Crippen molar-refractivity contribution in [2.45, 2.75) is 63.6 Å². The van der Waals surface area contributed by atoms with Crippen molar-refractivity contribution < 1.29 is 40.1 Å². The van der Waals surface area contributed by atoms with Crippen LogP contribution in [0.15, 0.2) is 72.8 Å². The van der Waals surface area contributed by atoms with E-state index in [1.165, 1.54) is 0 Å². The maximum absolute atomic E-state index is 12.2. The second-order valence-electron chi connectivity index (χ2n) is 10.1. The second-order valence-corrected chi connectivity index (χ2v) is 10.5. The summed E-state index contributed by atoms with van der Waals surface area (Å²) in [5.74, 6) is 0.0344. The summed E-state index contributed by atoms with van der Waals surface area (Å²) in [6.45, 7) is 0.437. The SMILES string of the molecule is O=C(CCC/C=C\C[C@@H]1[C@@H](/C=C/[C@@H](O)COc2cccc(Cl)c2)[C@H](O)C[C@@H]1O)NCc1ccc(CON(O)O)cc1. The lowest BCUT2D eigenvalue weighted by Gasteiger charge is -2.19. The minimum Gasteiger partial charge on any atom is -0.491 e. The highest BCUT2D eigenvalue weighted by molar-refractivity contribution is 6.30. The van der Waals surface area contributed by atoms with Gasteiger partial charge in [-0.05, 0) is 54.5 Å². The summed E-state index contributed by atoms with van der Waals surface area (Å²) >= 11 is 5.94. The quantitative estimate of drug-likeness (QED) is 0.0970. The molecule has 0 unspecified atom stereocenters. The molecule has 1 amide bonds. The minimum absolute atomic E-state index is 0.00885. The van der Waals surface area contributed by atoms with Crippen molar-refractivity contribution in [3.63, 3.8) is 0 Å². The molecule has 0 saturated heterocycles. The fraction of sp³-hybridized carbons (Fsp3) is 0.433. The number of nitrogens with one attached hydrogen (secondary N) is 1. The summed E-state index contributed by atoms with van der Waals surface area (Å²) in [4.78, 5) is 16.7. The summed E-state index contributed by atoms with van der Waals surface area (Å²) in [5.41, 5.74) is 1.66. The Hall–Kier alpha value is -2.80. The number of aliphatic hydroxyl groups excluding tert-OH is 3. The van der Waals surface area contributed by atoms with Crippen molar-refractivity contribution in [3.8, 4) is 5.75 Å². The first-order chi connectivity index (χ1) is 19.7. The number of carbonyl (C=O) groups excluding carboxylic acids is 1. The molecular weight excluding hydrogens is 552 g/mol. The van der Waals surface area contributed by atoms with Gasteiger partial charge in [0.05, 0.1) is 24.2 Å². The zero-order valence-corrected chi connectivity index (χ0v) is 23.5. The highest BCUT2D eigenvalue weighted by Crippen LogP contribution is 2.36. The number of allylic oxidation sites excluding steroid dienone is 2. The molecule has 0 spiro atoms. The molecule has 6 N–H and O–H groups in total. The number of nitrogens with zero attached hydrogens (tertiary/aromatic N) is 1. The topological polar surface area (TPSA) is 152 Å². The molecule has 1 fully saturated rings. The predicted molar refractivity (Wildman–Crippen MR) is 152 cm³/mol. The normalized spacial score (nSPS) is 21.6. The Morgan fingerprint density at radius 3 is 2.59 bits per heavy atom. The summed E-state index contributed by atoms with van der Waals surface area (Å²) in [7, 11) is 0. The number of rotatable bonds is 16. The molecule has 1 aliphatic carbocycles. The van der Waals surface area contributed by atoms with E-state index >= 15 is 0 Å². The first-order valence-electron chi connectivity index (χ1n) is 13.6. The minimum atomic E-state index is -0.875. The number of benzene rings is 2.